The molecule has 1 rings (SSSR count). The summed E-state index contributed by atoms with van der Waals surface area (Å²) in [5, 5.41) is 26.4. The van der Waals surface area contributed by atoms with E-state index in [1.165, 1.54) is 31.2 Å². The van der Waals surface area contributed by atoms with Crippen molar-refractivity contribution < 1.29 is 34.2 Å². The van der Waals surface area contributed by atoms with Crippen molar-refractivity contribution in [1.82, 2.24) is 16.0 Å². The van der Waals surface area contributed by atoms with Crippen LogP contribution < -0.4 is 33.2 Å². The first-order valence-corrected chi connectivity index (χ1v) is 11.6. The van der Waals surface area contributed by atoms with Crippen LogP contribution in [-0.2, 0) is 30.4 Å². The molecule has 0 fully saturated rings. The number of benzene rings is 1. The van der Waals surface area contributed by atoms with Crippen molar-refractivity contribution in [3.8, 4) is 5.75 Å². The lowest BCUT2D eigenvalue weighted by Gasteiger charge is -2.24. The molecular weight excluding hydrogens is 472 g/mol. The number of phenolic OH excluding ortho intramolecular Hbond substituents is 1. The molecule has 13 nitrogen and oxygen atoms in total. The number of amides is 4. The summed E-state index contributed by atoms with van der Waals surface area (Å²) in [7, 11) is 0. The van der Waals surface area contributed by atoms with Crippen molar-refractivity contribution >= 4 is 29.6 Å². The SMILES string of the molecule is CC(NC(=O)C(N)CCC(N)=O)C(=O)NC(CCCCN)C(=O)NC(Cc1ccc(O)cc1)C(=O)O. The van der Waals surface area contributed by atoms with Gasteiger partial charge in [-0.15, -0.1) is 0 Å². The van der Waals surface area contributed by atoms with Gasteiger partial charge in [0.1, 0.15) is 23.9 Å². The second-order valence-corrected chi connectivity index (χ2v) is 8.46. The number of rotatable bonds is 16. The number of hydrogen-bond acceptors (Lipinski definition) is 8. The smallest absolute Gasteiger partial charge is 0.326 e. The van der Waals surface area contributed by atoms with Gasteiger partial charge >= 0.3 is 5.97 Å². The van der Waals surface area contributed by atoms with Crippen LogP contribution in [-0.4, -0.2) is 70.5 Å². The van der Waals surface area contributed by atoms with Crippen LogP contribution in [0.5, 0.6) is 5.75 Å². The van der Waals surface area contributed by atoms with E-state index < -0.39 is 53.8 Å². The number of phenols is 1. The Labute approximate surface area is 209 Å². The molecule has 11 N–H and O–H groups in total. The minimum atomic E-state index is -1.28. The molecule has 0 aliphatic heterocycles. The fraction of sp³-hybridized carbons (Fsp3) is 0.522. The largest absolute Gasteiger partial charge is 0.508 e. The van der Waals surface area contributed by atoms with Crippen LogP contribution in [0.25, 0.3) is 0 Å². The lowest BCUT2D eigenvalue weighted by Crippen LogP contribution is -2.56. The van der Waals surface area contributed by atoms with Gasteiger partial charge in [0.2, 0.25) is 23.6 Å². The maximum absolute atomic E-state index is 12.9. The van der Waals surface area contributed by atoms with E-state index in [1.807, 2.05) is 0 Å². The second-order valence-electron chi connectivity index (χ2n) is 8.46. The van der Waals surface area contributed by atoms with E-state index in [9.17, 15) is 34.2 Å². The van der Waals surface area contributed by atoms with Gasteiger partial charge in [-0.25, -0.2) is 4.79 Å². The molecule has 36 heavy (non-hydrogen) atoms. The lowest BCUT2D eigenvalue weighted by molar-refractivity contribution is -0.142. The highest BCUT2D eigenvalue weighted by molar-refractivity contribution is 5.94. The molecule has 4 atom stereocenters. The molecule has 0 saturated heterocycles. The van der Waals surface area contributed by atoms with Gasteiger partial charge in [0, 0.05) is 12.8 Å². The van der Waals surface area contributed by atoms with Gasteiger partial charge < -0.3 is 43.4 Å². The number of carboxylic acids is 1. The van der Waals surface area contributed by atoms with Crippen molar-refractivity contribution in [3.63, 3.8) is 0 Å². The molecule has 0 saturated carbocycles. The van der Waals surface area contributed by atoms with Crippen molar-refractivity contribution in [2.24, 2.45) is 17.2 Å². The molecule has 0 spiro atoms. The van der Waals surface area contributed by atoms with Crippen molar-refractivity contribution in [2.45, 2.75) is 69.6 Å². The number of hydrogen-bond donors (Lipinski definition) is 8. The number of nitrogens with one attached hydrogen (secondary N) is 3. The van der Waals surface area contributed by atoms with E-state index >= 15 is 0 Å². The minimum Gasteiger partial charge on any atom is -0.508 e. The first-order chi connectivity index (χ1) is 16.9. The topological polar surface area (TPSA) is 240 Å². The Morgan fingerprint density at radius 2 is 1.50 bits per heavy atom. The highest BCUT2D eigenvalue weighted by Gasteiger charge is 2.28. The normalized spacial score (nSPS) is 14.1. The third kappa shape index (κ3) is 11.1. The summed E-state index contributed by atoms with van der Waals surface area (Å²) in [6.07, 6.45) is 1.14. The predicted octanol–water partition coefficient (Wildman–Crippen LogP) is -1.78. The zero-order chi connectivity index (χ0) is 27.3. The molecular formula is C23H36N6O7. The fourth-order valence-corrected chi connectivity index (χ4v) is 3.21. The number of aromatic hydroxyl groups is 1. The predicted molar refractivity (Wildman–Crippen MR) is 130 cm³/mol. The molecule has 200 valence electrons. The summed E-state index contributed by atoms with van der Waals surface area (Å²) in [4.78, 5) is 60.4. The van der Waals surface area contributed by atoms with Crippen LogP contribution in [0.3, 0.4) is 0 Å². The van der Waals surface area contributed by atoms with Crippen LogP contribution in [0, 0.1) is 0 Å². The van der Waals surface area contributed by atoms with Crippen molar-refractivity contribution in [1.29, 1.82) is 0 Å². The average molecular weight is 509 g/mol. The zero-order valence-corrected chi connectivity index (χ0v) is 20.2. The van der Waals surface area contributed by atoms with E-state index in [-0.39, 0.29) is 31.4 Å². The fourth-order valence-electron chi connectivity index (χ4n) is 3.21. The van der Waals surface area contributed by atoms with Crippen LogP contribution >= 0.6 is 0 Å². The molecule has 0 heterocycles. The Morgan fingerprint density at radius 3 is 2.06 bits per heavy atom. The number of nitrogens with two attached hydrogens (primary N) is 3. The molecule has 0 bridgehead atoms. The summed E-state index contributed by atoms with van der Waals surface area (Å²) < 4.78 is 0. The first-order valence-electron chi connectivity index (χ1n) is 11.6. The summed E-state index contributed by atoms with van der Waals surface area (Å²) in [6, 6.07) is 1.42. The lowest BCUT2D eigenvalue weighted by atomic mass is 10.0. The van der Waals surface area contributed by atoms with Crippen LogP contribution in [0.15, 0.2) is 24.3 Å². The molecule has 13 heteroatoms. The molecule has 1 aromatic rings. The summed E-state index contributed by atoms with van der Waals surface area (Å²) >= 11 is 0. The second kappa shape index (κ2) is 15.3. The third-order valence-electron chi connectivity index (χ3n) is 5.36. The number of carbonyl (C=O) groups excluding carboxylic acids is 4. The summed E-state index contributed by atoms with van der Waals surface area (Å²) in [5.74, 6) is -3.91. The molecule has 0 radical (unpaired) electrons. The number of aliphatic carboxylic acids is 1. The molecule has 1 aromatic carbocycles. The van der Waals surface area contributed by atoms with E-state index in [1.54, 1.807) is 0 Å². The standard InChI is InChI=1S/C23H36N6O7/c1-13(27-21(33)16(25)9-10-19(26)31)20(32)28-17(4-2-3-11-24)22(34)29-18(23(35)36)12-14-5-7-15(30)8-6-14/h5-8,13,16-18,30H,2-4,9-12,24-25H2,1H3,(H2,26,31)(H,27,33)(H,28,32)(H,29,34)(H,35,36). The Balaban J connectivity index is 2.83. The van der Waals surface area contributed by atoms with E-state index in [2.05, 4.69) is 16.0 Å². The maximum Gasteiger partial charge on any atom is 0.326 e. The van der Waals surface area contributed by atoms with Gasteiger partial charge in [0.25, 0.3) is 0 Å². The molecule has 0 aliphatic rings. The molecule has 4 unspecified atom stereocenters. The van der Waals surface area contributed by atoms with Gasteiger partial charge in [-0.05, 0) is 56.8 Å². The van der Waals surface area contributed by atoms with Gasteiger partial charge in [-0.2, -0.15) is 0 Å². The van der Waals surface area contributed by atoms with Crippen LogP contribution in [0.2, 0.25) is 0 Å². The quantitative estimate of drug-likeness (QED) is 0.117. The molecule has 4 amide bonds. The van der Waals surface area contributed by atoms with Gasteiger partial charge in [-0.3, -0.25) is 19.2 Å². The third-order valence-corrected chi connectivity index (χ3v) is 5.36. The number of carbonyl (C=O) groups is 5. The zero-order valence-electron chi connectivity index (χ0n) is 20.2. The monoisotopic (exact) mass is 508 g/mol. The Kier molecular flexibility index (Phi) is 12.9. The average Bonchev–Trinajstić information content (AvgIpc) is 2.82. The number of unbranched alkanes of at least 4 members (excludes halogenated alkanes) is 1. The van der Waals surface area contributed by atoms with Gasteiger partial charge in [-0.1, -0.05) is 12.1 Å². The van der Waals surface area contributed by atoms with Crippen molar-refractivity contribution in [3.05, 3.63) is 29.8 Å². The summed E-state index contributed by atoms with van der Waals surface area (Å²) in [5.41, 5.74) is 16.8. The van der Waals surface area contributed by atoms with E-state index in [4.69, 9.17) is 17.2 Å². The van der Waals surface area contributed by atoms with Crippen LogP contribution in [0.1, 0.15) is 44.6 Å². The van der Waals surface area contributed by atoms with Gasteiger partial charge in [0.05, 0.1) is 6.04 Å². The molecule has 0 aliphatic carbocycles. The number of carboxylic acid groups (broad SMARTS) is 1. The minimum absolute atomic E-state index is 0.0111. The highest BCUT2D eigenvalue weighted by Crippen LogP contribution is 2.12. The first kappa shape index (κ1) is 30.3. The van der Waals surface area contributed by atoms with E-state index in [0.717, 1.165) is 0 Å². The maximum atomic E-state index is 12.9. The summed E-state index contributed by atoms with van der Waals surface area (Å²) in [6.45, 7) is 1.77. The van der Waals surface area contributed by atoms with E-state index in [0.29, 0.717) is 24.9 Å². The number of primary amides is 1. The highest BCUT2D eigenvalue weighted by atomic mass is 16.4. The Morgan fingerprint density at radius 1 is 0.889 bits per heavy atom. The van der Waals surface area contributed by atoms with Crippen LogP contribution in [0.4, 0.5) is 0 Å². The van der Waals surface area contributed by atoms with Gasteiger partial charge in [0.15, 0.2) is 0 Å². The Bertz CT molecular complexity index is 909. The Hall–Kier alpha value is -3.71. The van der Waals surface area contributed by atoms with Crippen molar-refractivity contribution in [2.75, 3.05) is 6.54 Å². The molecule has 0 aromatic heterocycles.